The molecule has 0 radical (unpaired) electrons. The van der Waals surface area contributed by atoms with Gasteiger partial charge in [-0.3, -0.25) is 9.69 Å². The highest BCUT2D eigenvalue weighted by Gasteiger charge is 2.33. The van der Waals surface area contributed by atoms with E-state index in [4.69, 9.17) is 10.2 Å². The normalized spacial score (nSPS) is 18.9. The third-order valence-electron chi connectivity index (χ3n) is 4.04. The topological polar surface area (TPSA) is 62.7 Å². The standard InChI is InChI=1S/C15H22F3N3O2/c1-2-20(10-15(16,17)18)7-11-3-4-21(8-11)14(22)12-5-13(6-19)23-9-12/h5,9,11H,2-4,6-8,10,19H2,1H3. The fourth-order valence-electron chi connectivity index (χ4n) is 2.87. The maximum atomic E-state index is 12.5. The van der Waals surface area contributed by atoms with Crippen LogP contribution in [-0.2, 0) is 6.54 Å². The molecule has 0 bridgehead atoms. The molecule has 1 fully saturated rings. The summed E-state index contributed by atoms with van der Waals surface area (Å²) in [6.07, 6.45) is -2.11. The van der Waals surface area contributed by atoms with Crippen LogP contribution in [0.1, 0.15) is 29.5 Å². The number of carbonyl (C=O) groups excluding carboxylic acids is 1. The summed E-state index contributed by atoms with van der Waals surface area (Å²) in [7, 11) is 0. The molecule has 1 saturated heterocycles. The van der Waals surface area contributed by atoms with Crippen molar-refractivity contribution in [2.24, 2.45) is 11.7 Å². The van der Waals surface area contributed by atoms with Crippen molar-refractivity contribution in [3.63, 3.8) is 0 Å². The Kier molecular flexibility index (Phi) is 5.69. The van der Waals surface area contributed by atoms with Crippen molar-refractivity contribution >= 4 is 5.91 Å². The van der Waals surface area contributed by atoms with Crippen LogP contribution in [0.25, 0.3) is 0 Å². The fourth-order valence-corrected chi connectivity index (χ4v) is 2.87. The first-order valence-corrected chi connectivity index (χ1v) is 7.68. The zero-order valence-electron chi connectivity index (χ0n) is 13.1. The summed E-state index contributed by atoms with van der Waals surface area (Å²) < 4.78 is 42.7. The van der Waals surface area contributed by atoms with Crippen molar-refractivity contribution in [3.8, 4) is 0 Å². The number of amides is 1. The number of carbonyl (C=O) groups is 1. The molecule has 1 aromatic rings. The summed E-state index contributed by atoms with van der Waals surface area (Å²) in [6.45, 7) is 2.73. The second kappa shape index (κ2) is 7.35. The summed E-state index contributed by atoms with van der Waals surface area (Å²) in [5.74, 6) is 0.434. The Labute approximate surface area is 133 Å². The summed E-state index contributed by atoms with van der Waals surface area (Å²) in [6, 6.07) is 1.61. The smallest absolute Gasteiger partial charge is 0.401 e. The van der Waals surface area contributed by atoms with Crippen molar-refractivity contribution in [2.75, 3.05) is 32.7 Å². The number of nitrogens with zero attached hydrogens (tertiary/aromatic N) is 2. The van der Waals surface area contributed by atoms with Gasteiger partial charge in [-0.05, 0) is 24.9 Å². The zero-order valence-corrected chi connectivity index (χ0v) is 13.1. The maximum absolute atomic E-state index is 12.5. The molecular formula is C15H22F3N3O2. The average molecular weight is 333 g/mol. The van der Waals surface area contributed by atoms with Crippen LogP contribution in [0, 0.1) is 5.92 Å². The van der Waals surface area contributed by atoms with Gasteiger partial charge in [0.25, 0.3) is 5.91 Å². The molecule has 1 aliphatic rings. The van der Waals surface area contributed by atoms with E-state index in [1.807, 2.05) is 0 Å². The van der Waals surface area contributed by atoms with Crippen molar-refractivity contribution < 1.29 is 22.4 Å². The molecule has 8 heteroatoms. The van der Waals surface area contributed by atoms with E-state index in [9.17, 15) is 18.0 Å². The van der Waals surface area contributed by atoms with E-state index in [-0.39, 0.29) is 18.4 Å². The summed E-state index contributed by atoms with van der Waals surface area (Å²) in [4.78, 5) is 15.4. The molecule has 1 aliphatic heterocycles. The van der Waals surface area contributed by atoms with Gasteiger partial charge in [-0.25, -0.2) is 0 Å². The van der Waals surface area contributed by atoms with Crippen LogP contribution in [0.2, 0.25) is 0 Å². The molecule has 23 heavy (non-hydrogen) atoms. The van der Waals surface area contributed by atoms with E-state index >= 15 is 0 Å². The van der Waals surface area contributed by atoms with Crippen molar-refractivity contribution in [3.05, 3.63) is 23.7 Å². The van der Waals surface area contributed by atoms with E-state index in [0.29, 0.717) is 43.9 Å². The van der Waals surface area contributed by atoms with Crippen LogP contribution in [0.15, 0.2) is 16.7 Å². The highest BCUT2D eigenvalue weighted by molar-refractivity contribution is 5.94. The number of halogens is 3. The Morgan fingerprint density at radius 2 is 2.26 bits per heavy atom. The molecule has 0 aliphatic carbocycles. The van der Waals surface area contributed by atoms with E-state index in [1.165, 1.54) is 11.2 Å². The Morgan fingerprint density at radius 3 is 2.83 bits per heavy atom. The third kappa shape index (κ3) is 4.97. The molecule has 1 amide bonds. The summed E-state index contributed by atoms with van der Waals surface area (Å²) >= 11 is 0. The highest BCUT2D eigenvalue weighted by atomic mass is 19.4. The number of likely N-dealkylation sites (tertiary alicyclic amines) is 1. The molecular weight excluding hydrogens is 311 g/mol. The molecule has 0 saturated carbocycles. The first-order chi connectivity index (χ1) is 10.8. The number of nitrogens with two attached hydrogens (primary N) is 1. The molecule has 1 aromatic heterocycles. The van der Waals surface area contributed by atoms with Gasteiger partial charge in [0.2, 0.25) is 0 Å². The van der Waals surface area contributed by atoms with Crippen LogP contribution in [0.4, 0.5) is 13.2 Å². The fraction of sp³-hybridized carbons (Fsp3) is 0.667. The average Bonchev–Trinajstić information content (AvgIpc) is 3.13. The molecule has 0 aromatic carbocycles. The molecule has 2 rings (SSSR count). The quantitative estimate of drug-likeness (QED) is 0.866. The number of alkyl halides is 3. The van der Waals surface area contributed by atoms with Crippen LogP contribution >= 0.6 is 0 Å². The third-order valence-corrected chi connectivity index (χ3v) is 4.04. The van der Waals surface area contributed by atoms with Crippen molar-refractivity contribution in [2.45, 2.75) is 26.1 Å². The van der Waals surface area contributed by atoms with Gasteiger partial charge in [0.1, 0.15) is 12.0 Å². The molecule has 1 atom stereocenters. The van der Waals surface area contributed by atoms with Crippen LogP contribution in [-0.4, -0.2) is 54.6 Å². The van der Waals surface area contributed by atoms with Gasteiger partial charge in [-0.15, -0.1) is 0 Å². The zero-order chi connectivity index (χ0) is 17.0. The van der Waals surface area contributed by atoms with E-state index < -0.39 is 12.7 Å². The van der Waals surface area contributed by atoms with Gasteiger partial charge >= 0.3 is 6.18 Å². The largest absolute Gasteiger partial charge is 0.467 e. The van der Waals surface area contributed by atoms with Gasteiger partial charge in [-0.2, -0.15) is 13.2 Å². The number of hydrogen-bond donors (Lipinski definition) is 1. The SMILES string of the molecule is CCN(CC1CCN(C(=O)c2coc(CN)c2)C1)CC(F)(F)F. The van der Waals surface area contributed by atoms with E-state index in [1.54, 1.807) is 17.9 Å². The van der Waals surface area contributed by atoms with Crippen molar-refractivity contribution in [1.29, 1.82) is 0 Å². The van der Waals surface area contributed by atoms with Crippen LogP contribution in [0.5, 0.6) is 0 Å². The maximum Gasteiger partial charge on any atom is 0.401 e. The Hall–Kier alpha value is -1.54. The lowest BCUT2D eigenvalue weighted by molar-refractivity contribution is -0.146. The Morgan fingerprint density at radius 1 is 1.52 bits per heavy atom. The van der Waals surface area contributed by atoms with Crippen molar-refractivity contribution in [1.82, 2.24) is 9.80 Å². The van der Waals surface area contributed by atoms with Crippen LogP contribution in [0.3, 0.4) is 0 Å². The molecule has 2 heterocycles. The Bertz CT molecular complexity index is 530. The summed E-state index contributed by atoms with van der Waals surface area (Å²) in [5.41, 5.74) is 5.88. The second-order valence-corrected chi connectivity index (χ2v) is 5.85. The van der Waals surface area contributed by atoms with Gasteiger partial charge in [-0.1, -0.05) is 6.92 Å². The Balaban J connectivity index is 1.88. The minimum absolute atomic E-state index is 0.0575. The number of furan rings is 1. The minimum Gasteiger partial charge on any atom is -0.467 e. The lowest BCUT2D eigenvalue weighted by Gasteiger charge is -2.25. The lowest BCUT2D eigenvalue weighted by atomic mass is 10.1. The monoisotopic (exact) mass is 333 g/mol. The first kappa shape index (κ1) is 17.8. The predicted octanol–water partition coefficient (Wildman–Crippen LogP) is 2.08. The number of rotatable bonds is 6. The van der Waals surface area contributed by atoms with Gasteiger partial charge in [0.05, 0.1) is 18.7 Å². The molecule has 0 spiro atoms. The highest BCUT2D eigenvalue weighted by Crippen LogP contribution is 2.23. The number of hydrogen-bond acceptors (Lipinski definition) is 4. The van der Waals surface area contributed by atoms with Gasteiger partial charge in [0.15, 0.2) is 0 Å². The molecule has 5 nitrogen and oxygen atoms in total. The van der Waals surface area contributed by atoms with Gasteiger partial charge < -0.3 is 15.1 Å². The van der Waals surface area contributed by atoms with Crippen LogP contribution < -0.4 is 5.73 Å². The second-order valence-electron chi connectivity index (χ2n) is 5.85. The van der Waals surface area contributed by atoms with Gasteiger partial charge in [0, 0.05) is 19.6 Å². The summed E-state index contributed by atoms with van der Waals surface area (Å²) in [5, 5.41) is 0. The van der Waals surface area contributed by atoms with E-state index in [0.717, 1.165) is 0 Å². The van der Waals surface area contributed by atoms with E-state index in [2.05, 4.69) is 0 Å². The molecule has 130 valence electrons. The minimum atomic E-state index is -4.19. The lowest BCUT2D eigenvalue weighted by Crippen LogP contribution is -2.38. The predicted molar refractivity (Wildman–Crippen MR) is 78.8 cm³/mol. The molecule has 2 N–H and O–H groups in total. The molecule has 1 unspecified atom stereocenters. The first-order valence-electron chi connectivity index (χ1n) is 7.68.